The molecule has 4 rings (SSSR count). The van der Waals surface area contributed by atoms with Gasteiger partial charge in [0.25, 0.3) is 0 Å². The van der Waals surface area contributed by atoms with Crippen molar-refractivity contribution < 1.29 is 0 Å². The van der Waals surface area contributed by atoms with Gasteiger partial charge in [-0.25, -0.2) is 9.97 Å². The molecule has 0 spiro atoms. The highest BCUT2D eigenvalue weighted by atomic mass is 15.1. The Morgan fingerprint density at radius 1 is 1.25 bits per heavy atom. The van der Waals surface area contributed by atoms with Gasteiger partial charge in [-0.1, -0.05) is 18.2 Å². The predicted molar refractivity (Wildman–Crippen MR) is 95.7 cm³/mol. The molecule has 1 aromatic carbocycles. The molecular formula is C20H26N4. The molecule has 1 fully saturated rings. The number of nitrogens with zero attached hydrogens (tertiary/aromatic N) is 3. The lowest BCUT2D eigenvalue weighted by molar-refractivity contribution is 0.242. The smallest absolute Gasteiger partial charge is 0.145 e. The molecule has 1 N–H and O–H groups in total. The average Bonchev–Trinajstić information content (AvgIpc) is 3.12. The van der Waals surface area contributed by atoms with Gasteiger partial charge in [0.15, 0.2) is 0 Å². The van der Waals surface area contributed by atoms with Gasteiger partial charge in [-0.2, -0.15) is 0 Å². The van der Waals surface area contributed by atoms with E-state index >= 15 is 0 Å². The summed E-state index contributed by atoms with van der Waals surface area (Å²) in [5.74, 6) is 0.994. The SMILES string of the molecule is Cc1ccc(CN2CCc3nc([C@H]4CCCN4)ncc3C2)cc1C. The average molecular weight is 322 g/mol. The number of aryl methyl sites for hydroxylation is 2. The largest absolute Gasteiger partial charge is 0.307 e. The highest BCUT2D eigenvalue weighted by molar-refractivity contribution is 5.30. The summed E-state index contributed by atoms with van der Waals surface area (Å²) in [4.78, 5) is 12.0. The van der Waals surface area contributed by atoms with E-state index in [1.54, 1.807) is 0 Å². The normalized spacial score (nSPS) is 21.0. The van der Waals surface area contributed by atoms with Crippen molar-refractivity contribution in [2.75, 3.05) is 13.1 Å². The quantitative estimate of drug-likeness (QED) is 0.943. The Balaban J connectivity index is 1.46. The minimum atomic E-state index is 0.365. The Bertz CT molecular complexity index is 734. The van der Waals surface area contributed by atoms with E-state index in [1.165, 1.54) is 34.4 Å². The van der Waals surface area contributed by atoms with Crippen molar-refractivity contribution in [2.24, 2.45) is 0 Å². The summed E-state index contributed by atoms with van der Waals surface area (Å²) in [6, 6.07) is 7.16. The molecule has 4 nitrogen and oxygen atoms in total. The Morgan fingerprint density at radius 2 is 2.17 bits per heavy atom. The van der Waals surface area contributed by atoms with E-state index in [2.05, 4.69) is 53.4 Å². The lowest BCUT2D eigenvalue weighted by Gasteiger charge is -2.28. The summed E-state index contributed by atoms with van der Waals surface area (Å²) in [7, 11) is 0. The van der Waals surface area contributed by atoms with Crippen LogP contribution in [0.4, 0.5) is 0 Å². The van der Waals surface area contributed by atoms with Gasteiger partial charge in [0.05, 0.1) is 6.04 Å². The molecular weight excluding hydrogens is 296 g/mol. The maximum atomic E-state index is 4.86. The third-order valence-electron chi connectivity index (χ3n) is 5.38. The van der Waals surface area contributed by atoms with E-state index in [4.69, 9.17) is 4.98 Å². The van der Waals surface area contributed by atoms with Crippen LogP contribution in [0.25, 0.3) is 0 Å². The van der Waals surface area contributed by atoms with Crippen LogP contribution in [0.5, 0.6) is 0 Å². The van der Waals surface area contributed by atoms with Crippen LogP contribution >= 0.6 is 0 Å². The molecule has 0 unspecified atom stereocenters. The highest BCUT2D eigenvalue weighted by Crippen LogP contribution is 2.24. The van der Waals surface area contributed by atoms with Crippen LogP contribution in [0.2, 0.25) is 0 Å². The molecule has 0 radical (unpaired) electrons. The molecule has 4 heteroatoms. The summed E-state index contributed by atoms with van der Waals surface area (Å²) in [6.07, 6.45) is 5.49. The van der Waals surface area contributed by atoms with E-state index in [0.29, 0.717) is 6.04 Å². The number of hydrogen-bond acceptors (Lipinski definition) is 4. The number of benzene rings is 1. The second-order valence-electron chi connectivity index (χ2n) is 7.23. The minimum absolute atomic E-state index is 0.365. The fourth-order valence-electron chi connectivity index (χ4n) is 3.76. The van der Waals surface area contributed by atoms with Crippen LogP contribution in [0.15, 0.2) is 24.4 Å². The first-order valence-corrected chi connectivity index (χ1v) is 9.05. The van der Waals surface area contributed by atoms with Crippen molar-refractivity contribution in [3.8, 4) is 0 Å². The van der Waals surface area contributed by atoms with Crippen LogP contribution < -0.4 is 5.32 Å². The second kappa shape index (κ2) is 6.61. The maximum absolute atomic E-state index is 4.86. The van der Waals surface area contributed by atoms with Gasteiger partial charge in [-0.3, -0.25) is 4.90 Å². The predicted octanol–water partition coefficient (Wildman–Crippen LogP) is 3.08. The maximum Gasteiger partial charge on any atom is 0.145 e. The first-order valence-electron chi connectivity index (χ1n) is 9.05. The molecule has 2 aromatic rings. The van der Waals surface area contributed by atoms with Gasteiger partial charge in [-0.15, -0.1) is 0 Å². The van der Waals surface area contributed by atoms with Crippen molar-refractivity contribution >= 4 is 0 Å². The summed E-state index contributed by atoms with van der Waals surface area (Å²) in [6.45, 7) is 8.50. The Hall–Kier alpha value is -1.78. The third kappa shape index (κ3) is 3.21. The number of aromatic nitrogens is 2. The summed E-state index contributed by atoms with van der Waals surface area (Å²) in [5, 5.41) is 3.50. The molecule has 2 aliphatic heterocycles. The molecule has 0 bridgehead atoms. The molecule has 126 valence electrons. The van der Waals surface area contributed by atoms with Gasteiger partial charge in [0.2, 0.25) is 0 Å². The zero-order chi connectivity index (χ0) is 16.5. The standard InChI is InChI=1S/C20H26N4/c1-14-5-6-16(10-15(14)2)12-24-9-7-18-17(13-24)11-22-20(23-18)19-4-3-8-21-19/h5-6,10-11,19,21H,3-4,7-9,12-13H2,1-2H3/t19-/m1/s1. The second-order valence-corrected chi connectivity index (χ2v) is 7.23. The molecule has 1 atom stereocenters. The van der Waals surface area contributed by atoms with Gasteiger partial charge >= 0.3 is 0 Å². The van der Waals surface area contributed by atoms with Gasteiger partial charge in [-0.05, 0) is 49.9 Å². The van der Waals surface area contributed by atoms with E-state index in [0.717, 1.165) is 44.8 Å². The van der Waals surface area contributed by atoms with Crippen molar-refractivity contribution in [3.63, 3.8) is 0 Å². The van der Waals surface area contributed by atoms with Crippen LogP contribution in [0.1, 0.15) is 52.7 Å². The monoisotopic (exact) mass is 322 g/mol. The number of hydrogen-bond donors (Lipinski definition) is 1. The Kier molecular flexibility index (Phi) is 4.33. The van der Waals surface area contributed by atoms with Gasteiger partial charge < -0.3 is 5.32 Å². The van der Waals surface area contributed by atoms with Crippen LogP contribution in [-0.2, 0) is 19.5 Å². The van der Waals surface area contributed by atoms with E-state index < -0.39 is 0 Å². The number of rotatable bonds is 3. The fourth-order valence-corrected chi connectivity index (χ4v) is 3.76. The lowest BCUT2D eigenvalue weighted by atomic mass is 10.0. The topological polar surface area (TPSA) is 41.1 Å². The molecule has 24 heavy (non-hydrogen) atoms. The van der Waals surface area contributed by atoms with Crippen molar-refractivity contribution in [1.29, 1.82) is 0 Å². The van der Waals surface area contributed by atoms with Gasteiger partial charge in [0, 0.05) is 43.5 Å². The minimum Gasteiger partial charge on any atom is -0.307 e. The summed E-state index contributed by atoms with van der Waals surface area (Å²) < 4.78 is 0. The third-order valence-corrected chi connectivity index (χ3v) is 5.38. The van der Waals surface area contributed by atoms with Crippen molar-refractivity contribution in [1.82, 2.24) is 20.2 Å². The van der Waals surface area contributed by atoms with Crippen LogP contribution in [0, 0.1) is 13.8 Å². The first kappa shape index (κ1) is 15.7. The van der Waals surface area contributed by atoms with E-state index in [-0.39, 0.29) is 0 Å². The van der Waals surface area contributed by atoms with Gasteiger partial charge in [0.1, 0.15) is 5.82 Å². The number of fused-ring (bicyclic) bond motifs is 1. The van der Waals surface area contributed by atoms with Crippen LogP contribution in [-0.4, -0.2) is 28.0 Å². The molecule has 0 aliphatic carbocycles. The highest BCUT2D eigenvalue weighted by Gasteiger charge is 2.23. The molecule has 1 aromatic heterocycles. The molecule has 2 aliphatic rings. The van der Waals surface area contributed by atoms with E-state index in [1.807, 2.05) is 0 Å². The zero-order valence-corrected chi connectivity index (χ0v) is 14.7. The number of nitrogens with one attached hydrogen (secondary N) is 1. The Morgan fingerprint density at radius 3 is 2.96 bits per heavy atom. The zero-order valence-electron chi connectivity index (χ0n) is 14.7. The summed E-state index contributed by atoms with van der Waals surface area (Å²) >= 11 is 0. The lowest BCUT2D eigenvalue weighted by Crippen LogP contribution is -2.31. The molecule has 0 amide bonds. The Labute approximate surface area is 144 Å². The summed E-state index contributed by atoms with van der Waals surface area (Å²) in [5.41, 5.74) is 6.69. The molecule has 0 saturated carbocycles. The van der Waals surface area contributed by atoms with Crippen molar-refractivity contribution in [3.05, 3.63) is 58.2 Å². The molecule has 3 heterocycles. The fraction of sp³-hybridized carbons (Fsp3) is 0.500. The van der Waals surface area contributed by atoms with E-state index in [9.17, 15) is 0 Å². The molecule has 1 saturated heterocycles. The van der Waals surface area contributed by atoms with Crippen LogP contribution in [0.3, 0.4) is 0 Å². The first-order chi connectivity index (χ1) is 11.7. The van der Waals surface area contributed by atoms with Crippen molar-refractivity contribution in [2.45, 2.75) is 52.2 Å².